The van der Waals surface area contributed by atoms with Gasteiger partial charge in [-0.25, -0.2) is 8.42 Å². The zero-order valence-corrected chi connectivity index (χ0v) is 16.5. The molecular weight excluding hydrogens is 386 g/mol. The molecule has 1 saturated heterocycles. The summed E-state index contributed by atoms with van der Waals surface area (Å²) in [5.41, 5.74) is 1.01. The van der Waals surface area contributed by atoms with Gasteiger partial charge in [0.1, 0.15) is 0 Å². The standard InChI is InChI=1S/C19H22ClN3O3S/c1-14(22-27(25,26)18-9-7-15(20)8-10-18)19(24)23-12-11-17(13-23)21-16-5-3-2-4-6-16/h2-10,14,17,21-22H,11-13H2,1H3/t14-,17?/m0/s1. The van der Waals surface area contributed by atoms with Crippen molar-refractivity contribution in [3.05, 3.63) is 59.6 Å². The number of rotatable bonds is 6. The summed E-state index contributed by atoms with van der Waals surface area (Å²) in [5.74, 6) is -0.232. The number of benzene rings is 2. The summed E-state index contributed by atoms with van der Waals surface area (Å²) in [6.07, 6.45) is 0.817. The van der Waals surface area contributed by atoms with E-state index >= 15 is 0 Å². The summed E-state index contributed by atoms with van der Waals surface area (Å²) in [7, 11) is -3.78. The van der Waals surface area contributed by atoms with Gasteiger partial charge in [0.15, 0.2) is 0 Å². The number of para-hydroxylation sites is 1. The van der Waals surface area contributed by atoms with E-state index in [1.807, 2.05) is 30.3 Å². The number of hydrogen-bond donors (Lipinski definition) is 2. The van der Waals surface area contributed by atoms with E-state index < -0.39 is 16.1 Å². The third kappa shape index (κ3) is 5.00. The van der Waals surface area contributed by atoms with Crippen molar-refractivity contribution >= 4 is 33.2 Å². The molecule has 1 aliphatic rings. The van der Waals surface area contributed by atoms with Gasteiger partial charge in [-0.1, -0.05) is 29.8 Å². The molecule has 2 atom stereocenters. The second-order valence-electron chi connectivity index (χ2n) is 6.58. The lowest BCUT2D eigenvalue weighted by atomic mass is 10.2. The molecule has 1 fully saturated rings. The van der Waals surface area contributed by atoms with Gasteiger partial charge in [0.25, 0.3) is 0 Å². The van der Waals surface area contributed by atoms with Crippen molar-refractivity contribution in [3.63, 3.8) is 0 Å². The molecular formula is C19H22ClN3O3S. The molecule has 1 unspecified atom stereocenters. The van der Waals surface area contributed by atoms with Gasteiger partial charge in [-0.15, -0.1) is 0 Å². The van der Waals surface area contributed by atoms with Crippen LogP contribution in [-0.4, -0.2) is 44.4 Å². The maximum atomic E-state index is 12.7. The summed E-state index contributed by atoms with van der Waals surface area (Å²) < 4.78 is 27.3. The van der Waals surface area contributed by atoms with Crippen LogP contribution in [0.25, 0.3) is 0 Å². The fraction of sp³-hybridized carbons (Fsp3) is 0.316. The first kappa shape index (κ1) is 19.7. The Morgan fingerprint density at radius 2 is 1.81 bits per heavy atom. The smallest absolute Gasteiger partial charge is 0.241 e. The summed E-state index contributed by atoms with van der Waals surface area (Å²) in [6, 6.07) is 14.9. The Morgan fingerprint density at radius 3 is 2.48 bits per heavy atom. The Morgan fingerprint density at radius 1 is 1.15 bits per heavy atom. The van der Waals surface area contributed by atoms with Gasteiger partial charge in [0.2, 0.25) is 15.9 Å². The number of carbonyl (C=O) groups is 1. The van der Waals surface area contributed by atoms with Gasteiger partial charge in [0, 0.05) is 29.8 Å². The highest BCUT2D eigenvalue weighted by Crippen LogP contribution is 2.18. The van der Waals surface area contributed by atoms with Crippen molar-refractivity contribution < 1.29 is 13.2 Å². The molecule has 1 aliphatic heterocycles. The van der Waals surface area contributed by atoms with E-state index in [4.69, 9.17) is 11.6 Å². The number of carbonyl (C=O) groups excluding carboxylic acids is 1. The van der Waals surface area contributed by atoms with Crippen LogP contribution in [0.2, 0.25) is 5.02 Å². The maximum absolute atomic E-state index is 12.7. The molecule has 0 aromatic heterocycles. The van der Waals surface area contributed by atoms with E-state index in [2.05, 4.69) is 10.0 Å². The fourth-order valence-electron chi connectivity index (χ4n) is 3.09. The van der Waals surface area contributed by atoms with Gasteiger partial charge in [-0.05, 0) is 49.7 Å². The van der Waals surface area contributed by atoms with Crippen molar-refractivity contribution in [1.29, 1.82) is 0 Å². The normalized spacial score (nSPS) is 18.3. The molecule has 1 heterocycles. The minimum absolute atomic E-state index is 0.0802. The van der Waals surface area contributed by atoms with Gasteiger partial charge in [0.05, 0.1) is 10.9 Å². The van der Waals surface area contributed by atoms with Crippen molar-refractivity contribution in [2.24, 2.45) is 0 Å². The van der Waals surface area contributed by atoms with E-state index in [9.17, 15) is 13.2 Å². The predicted molar refractivity (Wildman–Crippen MR) is 106 cm³/mol. The Hall–Kier alpha value is -2.09. The average molecular weight is 408 g/mol. The van der Waals surface area contributed by atoms with Crippen molar-refractivity contribution in [1.82, 2.24) is 9.62 Å². The monoisotopic (exact) mass is 407 g/mol. The van der Waals surface area contributed by atoms with Crippen molar-refractivity contribution in [2.75, 3.05) is 18.4 Å². The third-order valence-electron chi connectivity index (χ3n) is 4.47. The number of amides is 1. The van der Waals surface area contributed by atoms with Gasteiger partial charge >= 0.3 is 0 Å². The zero-order chi connectivity index (χ0) is 19.4. The first-order valence-electron chi connectivity index (χ1n) is 8.73. The molecule has 27 heavy (non-hydrogen) atoms. The molecule has 0 bridgehead atoms. The van der Waals surface area contributed by atoms with Crippen LogP contribution in [-0.2, 0) is 14.8 Å². The molecule has 0 radical (unpaired) electrons. The quantitative estimate of drug-likeness (QED) is 0.771. The number of anilines is 1. The van der Waals surface area contributed by atoms with E-state index in [1.165, 1.54) is 24.3 Å². The van der Waals surface area contributed by atoms with E-state index in [0.717, 1.165) is 12.1 Å². The molecule has 144 valence electrons. The van der Waals surface area contributed by atoms with Crippen LogP contribution in [0.3, 0.4) is 0 Å². The van der Waals surface area contributed by atoms with Gasteiger partial charge < -0.3 is 10.2 Å². The first-order chi connectivity index (χ1) is 12.8. The highest BCUT2D eigenvalue weighted by molar-refractivity contribution is 7.89. The molecule has 0 spiro atoms. The molecule has 0 saturated carbocycles. The van der Waals surface area contributed by atoms with E-state index in [-0.39, 0.29) is 16.8 Å². The molecule has 2 aromatic rings. The van der Waals surface area contributed by atoms with Crippen LogP contribution in [0, 0.1) is 0 Å². The van der Waals surface area contributed by atoms with Crippen LogP contribution in [0.5, 0.6) is 0 Å². The Balaban J connectivity index is 1.58. The minimum Gasteiger partial charge on any atom is -0.380 e. The third-order valence-corrected chi connectivity index (χ3v) is 6.28. The summed E-state index contributed by atoms with van der Waals surface area (Å²) in [5, 5.41) is 3.85. The summed E-state index contributed by atoms with van der Waals surface area (Å²) in [6.45, 7) is 2.70. The molecule has 2 aromatic carbocycles. The largest absolute Gasteiger partial charge is 0.380 e. The van der Waals surface area contributed by atoms with Crippen LogP contribution in [0.1, 0.15) is 13.3 Å². The number of halogens is 1. The molecule has 3 rings (SSSR count). The Bertz CT molecular complexity index is 888. The molecule has 2 N–H and O–H groups in total. The lowest BCUT2D eigenvalue weighted by Crippen LogP contribution is -2.46. The SMILES string of the molecule is C[C@H](NS(=O)(=O)c1ccc(Cl)cc1)C(=O)N1CCC(Nc2ccccc2)C1. The molecule has 0 aliphatic carbocycles. The number of nitrogens with zero attached hydrogens (tertiary/aromatic N) is 1. The van der Waals surface area contributed by atoms with Crippen molar-refractivity contribution in [2.45, 2.75) is 30.3 Å². The number of likely N-dealkylation sites (tertiary alicyclic amines) is 1. The first-order valence-corrected chi connectivity index (χ1v) is 10.6. The van der Waals surface area contributed by atoms with Crippen molar-refractivity contribution in [3.8, 4) is 0 Å². The second-order valence-corrected chi connectivity index (χ2v) is 8.73. The summed E-state index contributed by atoms with van der Waals surface area (Å²) in [4.78, 5) is 14.4. The second kappa shape index (κ2) is 8.29. The molecule has 1 amide bonds. The number of sulfonamides is 1. The lowest BCUT2D eigenvalue weighted by molar-refractivity contribution is -0.131. The molecule has 8 heteroatoms. The minimum atomic E-state index is -3.78. The Labute approximate surface area is 164 Å². The lowest BCUT2D eigenvalue weighted by Gasteiger charge is -2.22. The fourth-order valence-corrected chi connectivity index (χ4v) is 4.41. The van der Waals surface area contributed by atoms with Crippen LogP contribution < -0.4 is 10.0 Å². The Kier molecular flexibility index (Phi) is 6.04. The number of nitrogens with one attached hydrogen (secondary N) is 2. The molecule has 6 nitrogen and oxygen atoms in total. The van der Waals surface area contributed by atoms with Gasteiger partial charge in [-0.2, -0.15) is 4.72 Å². The van der Waals surface area contributed by atoms with E-state index in [1.54, 1.807) is 11.8 Å². The zero-order valence-electron chi connectivity index (χ0n) is 14.9. The predicted octanol–water partition coefficient (Wildman–Crippen LogP) is 2.72. The number of hydrogen-bond acceptors (Lipinski definition) is 4. The van der Waals surface area contributed by atoms with Crippen LogP contribution >= 0.6 is 11.6 Å². The highest BCUT2D eigenvalue weighted by Gasteiger charge is 2.31. The summed E-state index contributed by atoms with van der Waals surface area (Å²) >= 11 is 5.79. The highest BCUT2D eigenvalue weighted by atomic mass is 35.5. The van der Waals surface area contributed by atoms with Crippen LogP contribution in [0.4, 0.5) is 5.69 Å². The van der Waals surface area contributed by atoms with Gasteiger partial charge in [-0.3, -0.25) is 4.79 Å². The topological polar surface area (TPSA) is 78.5 Å². The average Bonchev–Trinajstić information content (AvgIpc) is 3.10. The van der Waals surface area contributed by atoms with Crippen LogP contribution in [0.15, 0.2) is 59.5 Å². The van der Waals surface area contributed by atoms with E-state index in [0.29, 0.717) is 18.1 Å². The maximum Gasteiger partial charge on any atom is 0.241 e.